The van der Waals surface area contributed by atoms with Gasteiger partial charge in [0.2, 0.25) is 47.3 Å². The van der Waals surface area contributed by atoms with E-state index in [9.17, 15) is 72.9 Å². The first-order valence-electron chi connectivity index (χ1n) is 21.1. The molecule has 0 bridgehead atoms. The normalized spacial score (nSPS) is 15.2. The van der Waals surface area contributed by atoms with Crippen molar-refractivity contribution < 1.29 is 78.0 Å². The fourth-order valence-corrected chi connectivity index (χ4v) is 6.04. The molecule has 15 N–H and O–H groups in total. The number of primary amides is 1. The fraction of sp³-hybridized carbons (Fsp3) is 0.700. The van der Waals surface area contributed by atoms with Gasteiger partial charge in [-0.3, -0.25) is 52.7 Å². The molecule has 0 spiro atoms. The molecule has 0 aromatic rings. The van der Waals surface area contributed by atoms with Crippen molar-refractivity contribution in [3.8, 4) is 0 Å². The third kappa shape index (κ3) is 23.7. The average Bonchev–Trinajstić information content (AvgIpc) is 3.19. The molecule has 0 rings (SSSR count). The molecule has 0 aromatic carbocycles. The number of carbonyl (C=O) groups is 12. The van der Waals surface area contributed by atoms with Gasteiger partial charge in [0, 0.05) is 19.3 Å². The summed E-state index contributed by atoms with van der Waals surface area (Å²) in [5, 5.41) is 53.5. The maximum atomic E-state index is 13.9. The summed E-state index contributed by atoms with van der Waals surface area (Å²) in [4.78, 5) is 151. The van der Waals surface area contributed by atoms with Crippen molar-refractivity contribution in [3.63, 3.8) is 0 Å². The van der Waals surface area contributed by atoms with E-state index in [2.05, 4.69) is 37.2 Å². The molecule has 0 fully saturated rings. The van der Waals surface area contributed by atoms with E-state index in [4.69, 9.17) is 16.6 Å². The third-order valence-electron chi connectivity index (χ3n) is 9.81. The van der Waals surface area contributed by atoms with Crippen LogP contribution in [0.15, 0.2) is 0 Å². The standard InChI is InChI=1S/C40H67N9O16/c1-8-20(6)32(39(63)48-27(40(64)65)17-31(55)56)49-37(61)23(9-12-28(42)50)46-38(62)26(16-19(4)5)47-36(60)25(11-14-30(53)54)44-33(57)21(7)43-35(59)24(10-13-29(51)52)45-34(58)22(41)15-18(2)3/h18-27,32H,8-17,41H2,1-7H3,(H2,42,50)(H,43,59)(H,44,57)(H,45,58)(H,46,62)(H,47,60)(H,48,63)(H,49,61)(H,51,52)(H,53,54)(H,55,56)(H,64,65)/t20-,21-,22-,23-,24-,25-,26-,27-,32-/m0/s1. The highest BCUT2D eigenvalue weighted by Crippen LogP contribution is 2.13. The zero-order valence-corrected chi connectivity index (χ0v) is 37.8. The maximum absolute atomic E-state index is 13.9. The molecule has 0 heterocycles. The molecule has 0 unspecified atom stereocenters. The number of carboxylic acids is 4. The topological polar surface area (TPSA) is 422 Å². The van der Waals surface area contributed by atoms with Gasteiger partial charge >= 0.3 is 23.9 Å². The van der Waals surface area contributed by atoms with Crippen LogP contribution in [0.2, 0.25) is 0 Å². The highest BCUT2D eigenvalue weighted by molar-refractivity contribution is 5.98. The predicted molar refractivity (Wildman–Crippen MR) is 228 cm³/mol. The van der Waals surface area contributed by atoms with Gasteiger partial charge < -0.3 is 69.1 Å². The Kier molecular flexibility index (Phi) is 26.3. The summed E-state index contributed by atoms with van der Waals surface area (Å²) in [7, 11) is 0. The molecule has 9 atom stereocenters. The fourth-order valence-electron chi connectivity index (χ4n) is 6.04. The lowest BCUT2D eigenvalue weighted by atomic mass is 9.96. The molecule has 368 valence electrons. The van der Waals surface area contributed by atoms with Crippen molar-refractivity contribution in [2.24, 2.45) is 29.2 Å². The number of carboxylic acid groups (broad SMARTS) is 4. The van der Waals surface area contributed by atoms with Gasteiger partial charge in [0.1, 0.15) is 42.3 Å². The van der Waals surface area contributed by atoms with Crippen LogP contribution in [0.3, 0.4) is 0 Å². The van der Waals surface area contributed by atoms with Crippen molar-refractivity contribution in [2.45, 2.75) is 161 Å². The Morgan fingerprint density at radius 3 is 1.29 bits per heavy atom. The largest absolute Gasteiger partial charge is 0.481 e. The molecule has 0 aliphatic carbocycles. The minimum absolute atomic E-state index is 0.00982. The Morgan fingerprint density at radius 2 is 0.862 bits per heavy atom. The van der Waals surface area contributed by atoms with E-state index < -0.39 is 164 Å². The van der Waals surface area contributed by atoms with Crippen molar-refractivity contribution in [1.29, 1.82) is 0 Å². The number of amides is 8. The number of aliphatic carboxylic acids is 4. The van der Waals surface area contributed by atoms with E-state index in [1.807, 2.05) is 13.8 Å². The lowest BCUT2D eigenvalue weighted by Gasteiger charge is -2.29. The van der Waals surface area contributed by atoms with Crippen LogP contribution in [0.4, 0.5) is 0 Å². The zero-order valence-electron chi connectivity index (χ0n) is 37.8. The minimum atomic E-state index is -1.86. The Bertz CT molecular complexity index is 1730. The van der Waals surface area contributed by atoms with Crippen molar-refractivity contribution >= 4 is 71.1 Å². The second kappa shape index (κ2) is 29.1. The highest BCUT2D eigenvalue weighted by atomic mass is 16.4. The molecule has 0 saturated carbocycles. The van der Waals surface area contributed by atoms with Crippen molar-refractivity contribution in [2.75, 3.05) is 0 Å². The quantitative estimate of drug-likeness (QED) is 0.0329. The van der Waals surface area contributed by atoms with Gasteiger partial charge in [-0.25, -0.2) is 4.79 Å². The Labute approximate surface area is 376 Å². The molecule has 25 heteroatoms. The third-order valence-corrected chi connectivity index (χ3v) is 9.81. The zero-order chi connectivity index (χ0) is 50.3. The van der Waals surface area contributed by atoms with E-state index >= 15 is 0 Å². The van der Waals surface area contributed by atoms with Gasteiger partial charge in [-0.1, -0.05) is 48.0 Å². The van der Waals surface area contributed by atoms with Gasteiger partial charge in [0.15, 0.2) is 0 Å². The molecule has 0 aliphatic rings. The number of hydrogen-bond acceptors (Lipinski definition) is 13. The lowest BCUT2D eigenvalue weighted by Crippen LogP contribution is -2.60. The van der Waals surface area contributed by atoms with Crippen LogP contribution in [0.1, 0.15) is 113 Å². The van der Waals surface area contributed by atoms with Crippen LogP contribution in [-0.2, 0) is 57.5 Å². The Hall–Kier alpha value is -6.40. The Morgan fingerprint density at radius 1 is 0.462 bits per heavy atom. The summed E-state index contributed by atoms with van der Waals surface area (Å²) in [5.74, 6) is -14.6. The first-order valence-corrected chi connectivity index (χ1v) is 21.1. The van der Waals surface area contributed by atoms with Crippen LogP contribution >= 0.6 is 0 Å². The molecule has 0 radical (unpaired) electrons. The molecule has 8 amide bonds. The number of nitrogens with two attached hydrogens (primary N) is 2. The van der Waals surface area contributed by atoms with Crippen LogP contribution in [0.5, 0.6) is 0 Å². The summed E-state index contributed by atoms with van der Waals surface area (Å²) in [6.45, 7) is 11.3. The molecule has 0 aromatic heterocycles. The average molecular weight is 930 g/mol. The molecular weight excluding hydrogens is 862 g/mol. The van der Waals surface area contributed by atoms with Crippen LogP contribution < -0.4 is 48.7 Å². The van der Waals surface area contributed by atoms with Crippen molar-refractivity contribution in [3.05, 3.63) is 0 Å². The monoisotopic (exact) mass is 929 g/mol. The number of nitrogens with one attached hydrogen (secondary N) is 7. The summed E-state index contributed by atoms with van der Waals surface area (Å²) in [6, 6.07) is -12.0. The van der Waals surface area contributed by atoms with Gasteiger partial charge in [-0.15, -0.1) is 0 Å². The molecule has 0 aliphatic heterocycles. The molecule has 0 saturated heterocycles. The van der Waals surface area contributed by atoms with Gasteiger partial charge in [0.05, 0.1) is 12.5 Å². The summed E-state index contributed by atoms with van der Waals surface area (Å²) in [5.41, 5.74) is 11.2. The second-order valence-corrected chi connectivity index (χ2v) is 16.6. The first-order chi connectivity index (χ1) is 30.1. The lowest BCUT2D eigenvalue weighted by molar-refractivity contribution is -0.147. The summed E-state index contributed by atoms with van der Waals surface area (Å²) >= 11 is 0. The van der Waals surface area contributed by atoms with E-state index in [1.165, 1.54) is 13.8 Å². The van der Waals surface area contributed by atoms with Crippen LogP contribution in [-0.4, -0.2) is 140 Å². The van der Waals surface area contributed by atoms with E-state index in [0.29, 0.717) is 0 Å². The number of hydrogen-bond donors (Lipinski definition) is 13. The van der Waals surface area contributed by atoms with E-state index in [0.717, 1.165) is 0 Å². The van der Waals surface area contributed by atoms with Gasteiger partial charge in [-0.2, -0.15) is 0 Å². The maximum Gasteiger partial charge on any atom is 0.326 e. The summed E-state index contributed by atoms with van der Waals surface area (Å²) < 4.78 is 0. The number of carbonyl (C=O) groups excluding carboxylic acids is 8. The van der Waals surface area contributed by atoms with E-state index in [-0.39, 0.29) is 37.5 Å². The molecular formula is C40H67N9O16. The molecule has 25 nitrogen and oxygen atoms in total. The van der Waals surface area contributed by atoms with E-state index in [1.54, 1.807) is 20.8 Å². The minimum Gasteiger partial charge on any atom is -0.481 e. The second-order valence-electron chi connectivity index (χ2n) is 16.6. The SMILES string of the molecule is CC[C@H](C)[C@H](NC(=O)[C@H](CCC(N)=O)NC(=O)[C@H](CC(C)C)NC(=O)[C@H](CCC(=O)O)NC(=O)[C@H](C)NC(=O)[C@H](CCC(=O)O)NC(=O)[C@@H](N)CC(C)C)C(=O)N[C@@H](CC(=O)O)C(=O)O. The van der Waals surface area contributed by atoms with Crippen LogP contribution in [0.25, 0.3) is 0 Å². The van der Waals surface area contributed by atoms with Gasteiger partial charge in [-0.05, 0) is 56.8 Å². The smallest absolute Gasteiger partial charge is 0.326 e. The number of rotatable bonds is 32. The highest BCUT2D eigenvalue weighted by Gasteiger charge is 2.36. The first kappa shape index (κ1) is 58.6. The molecule has 65 heavy (non-hydrogen) atoms. The van der Waals surface area contributed by atoms with Crippen LogP contribution in [0, 0.1) is 17.8 Å². The predicted octanol–water partition coefficient (Wildman–Crippen LogP) is -2.58. The van der Waals surface area contributed by atoms with Gasteiger partial charge in [0.25, 0.3) is 0 Å². The Balaban J connectivity index is 6.46. The van der Waals surface area contributed by atoms with Crippen molar-refractivity contribution in [1.82, 2.24) is 37.2 Å². The summed E-state index contributed by atoms with van der Waals surface area (Å²) in [6.07, 6.45) is -3.57.